The highest BCUT2D eigenvalue weighted by Gasteiger charge is 2.15. The van der Waals surface area contributed by atoms with Crippen molar-refractivity contribution in [2.75, 3.05) is 11.9 Å². The molecule has 3 aromatic rings. The topological polar surface area (TPSA) is 84.3 Å². The van der Waals surface area contributed by atoms with Crippen molar-refractivity contribution in [3.63, 3.8) is 0 Å². The van der Waals surface area contributed by atoms with Gasteiger partial charge in [-0.15, -0.1) is 0 Å². The predicted octanol–water partition coefficient (Wildman–Crippen LogP) is 2.45. The minimum atomic E-state index is 0.606. The Morgan fingerprint density at radius 2 is 2.14 bits per heavy atom. The van der Waals surface area contributed by atoms with Gasteiger partial charge in [0.2, 0.25) is 5.95 Å². The summed E-state index contributed by atoms with van der Waals surface area (Å²) in [5.74, 6) is 1.46. The Morgan fingerprint density at radius 1 is 1.24 bits per heavy atom. The van der Waals surface area contributed by atoms with Crippen LogP contribution in [0.25, 0.3) is 22.6 Å². The van der Waals surface area contributed by atoms with Crippen molar-refractivity contribution in [1.29, 1.82) is 0 Å². The Labute approximate surface area is 122 Å². The molecule has 3 rings (SSSR count). The molecule has 0 atom stereocenters. The number of aryl methyl sites for hydroxylation is 1. The summed E-state index contributed by atoms with van der Waals surface area (Å²) in [6.45, 7) is 6.00. The van der Waals surface area contributed by atoms with Gasteiger partial charge in [0.05, 0.1) is 11.6 Å². The number of nitrogens with one attached hydrogen (secondary N) is 2. The van der Waals surface area contributed by atoms with Crippen LogP contribution in [0.1, 0.15) is 26.7 Å². The molecule has 21 heavy (non-hydrogen) atoms. The number of hydrogen-bond acceptors (Lipinski definition) is 5. The molecule has 3 heterocycles. The average molecular weight is 285 g/mol. The lowest BCUT2D eigenvalue weighted by atomic mass is 10.2. The highest BCUT2D eigenvalue weighted by atomic mass is 15.2. The van der Waals surface area contributed by atoms with Crippen LogP contribution in [0.5, 0.6) is 0 Å². The Morgan fingerprint density at radius 3 is 2.95 bits per heavy atom. The second-order valence-electron chi connectivity index (χ2n) is 4.90. The van der Waals surface area contributed by atoms with Gasteiger partial charge in [0.25, 0.3) is 0 Å². The lowest BCUT2D eigenvalue weighted by molar-refractivity contribution is 0.684. The van der Waals surface area contributed by atoms with E-state index < -0.39 is 0 Å². The molecule has 0 radical (unpaired) electrons. The molecule has 0 aliphatic heterocycles. The van der Waals surface area contributed by atoms with Crippen molar-refractivity contribution in [3.05, 3.63) is 18.6 Å². The van der Waals surface area contributed by atoms with Gasteiger partial charge >= 0.3 is 0 Å². The smallest absolute Gasteiger partial charge is 0.225 e. The molecule has 0 amide bonds. The molecule has 2 N–H and O–H groups in total. The molecule has 0 aromatic carbocycles. The lowest BCUT2D eigenvalue weighted by Crippen LogP contribution is -2.07. The fraction of sp³-hybridized carbons (Fsp3) is 0.429. The van der Waals surface area contributed by atoms with Gasteiger partial charge in [-0.1, -0.05) is 13.8 Å². The van der Waals surface area contributed by atoms with E-state index in [-0.39, 0.29) is 0 Å². The monoisotopic (exact) mass is 285 g/mol. The summed E-state index contributed by atoms with van der Waals surface area (Å²) in [5, 5.41) is 11.1. The van der Waals surface area contributed by atoms with E-state index in [1.807, 2.05) is 6.20 Å². The number of anilines is 1. The van der Waals surface area contributed by atoms with Gasteiger partial charge in [-0.2, -0.15) is 10.1 Å². The van der Waals surface area contributed by atoms with E-state index in [0.717, 1.165) is 48.5 Å². The third-order valence-corrected chi connectivity index (χ3v) is 3.23. The molecule has 0 fully saturated rings. The molecular formula is C14H19N7. The highest BCUT2D eigenvalue weighted by Crippen LogP contribution is 2.25. The van der Waals surface area contributed by atoms with Crippen LogP contribution in [0.3, 0.4) is 0 Å². The third-order valence-electron chi connectivity index (χ3n) is 3.23. The number of aromatic nitrogens is 6. The molecule has 0 aliphatic carbocycles. The Bertz CT molecular complexity index is 728. The number of hydrogen-bond donors (Lipinski definition) is 2. The second-order valence-corrected chi connectivity index (χ2v) is 4.90. The van der Waals surface area contributed by atoms with E-state index in [1.54, 1.807) is 12.4 Å². The Kier molecular flexibility index (Phi) is 3.81. The summed E-state index contributed by atoms with van der Waals surface area (Å²) in [6.07, 6.45) is 7.59. The molecule has 0 spiro atoms. The maximum atomic E-state index is 4.63. The van der Waals surface area contributed by atoms with Crippen LogP contribution in [0.4, 0.5) is 5.95 Å². The van der Waals surface area contributed by atoms with Crippen LogP contribution >= 0.6 is 0 Å². The van der Waals surface area contributed by atoms with Crippen LogP contribution in [0.15, 0.2) is 18.6 Å². The zero-order valence-electron chi connectivity index (χ0n) is 12.3. The molecule has 0 unspecified atom stereocenters. The summed E-state index contributed by atoms with van der Waals surface area (Å²) in [6, 6.07) is 0. The molecule has 0 bridgehead atoms. The predicted molar refractivity (Wildman–Crippen MR) is 82.0 cm³/mol. The minimum Gasteiger partial charge on any atom is -0.354 e. The van der Waals surface area contributed by atoms with Crippen molar-refractivity contribution in [3.8, 4) is 11.5 Å². The highest BCUT2D eigenvalue weighted by molar-refractivity contribution is 5.88. The summed E-state index contributed by atoms with van der Waals surface area (Å²) < 4.78 is 2.11. The van der Waals surface area contributed by atoms with Gasteiger partial charge in [0.1, 0.15) is 5.69 Å². The van der Waals surface area contributed by atoms with E-state index in [0.29, 0.717) is 5.95 Å². The maximum Gasteiger partial charge on any atom is 0.225 e. The number of nitrogens with zero attached hydrogens (tertiary/aromatic N) is 5. The van der Waals surface area contributed by atoms with Crippen LogP contribution in [0, 0.1) is 0 Å². The van der Waals surface area contributed by atoms with Gasteiger partial charge < -0.3 is 9.88 Å². The van der Waals surface area contributed by atoms with Gasteiger partial charge in [0, 0.05) is 25.5 Å². The van der Waals surface area contributed by atoms with Crippen LogP contribution in [0.2, 0.25) is 0 Å². The first-order valence-electron chi connectivity index (χ1n) is 7.30. The molecule has 7 nitrogen and oxygen atoms in total. The molecule has 0 saturated heterocycles. The molecular weight excluding hydrogens is 266 g/mol. The summed E-state index contributed by atoms with van der Waals surface area (Å²) in [5.41, 5.74) is 1.54. The fourth-order valence-corrected chi connectivity index (χ4v) is 2.27. The second kappa shape index (κ2) is 5.90. The summed E-state index contributed by atoms with van der Waals surface area (Å²) in [4.78, 5) is 13.5. The number of H-pyrrole nitrogens is 1. The first-order valence-corrected chi connectivity index (χ1v) is 7.30. The quantitative estimate of drug-likeness (QED) is 0.726. The molecule has 0 saturated carbocycles. The van der Waals surface area contributed by atoms with Crippen LogP contribution in [-0.4, -0.2) is 36.3 Å². The lowest BCUT2D eigenvalue weighted by Gasteiger charge is -2.09. The van der Waals surface area contributed by atoms with Crippen LogP contribution in [-0.2, 0) is 6.54 Å². The molecule has 0 aliphatic rings. The van der Waals surface area contributed by atoms with E-state index in [1.165, 1.54) is 0 Å². The zero-order chi connectivity index (χ0) is 14.7. The van der Waals surface area contributed by atoms with Crippen molar-refractivity contribution in [2.45, 2.75) is 33.2 Å². The van der Waals surface area contributed by atoms with Crippen molar-refractivity contribution >= 4 is 17.0 Å². The summed E-state index contributed by atoms with van der Waals surface area (Å²) in [7, 11) is 0. The number of rotatable bonds is 6. The van der Waals surface area contributed by atoms with Crippen LogP contribution < -0.4 is 5.32 Å². The van der Waals surface area contributed by atoms with E-state index in [9.17, 15) is 0 Å². The minimum absolute atomic E-state index is 0.606. The van der Waals surface area contributed by atoms with Gasteiger partial charge in [-0.05, 0) is 12.8 Å². The first kappa shape index (κ1) is 13.5. The standard InChI is InChI=1S/C14H19N7/c1-3-5-16-14-18-11(10-9-17-20-12(10)19-14)13-15-6-8-21(13)7-4-2/h6,8-9H,3-5,7H2,1-2H3,(H2,16,17,18,19,20). The third kappa shape index (κ3) is 2.58. The average Bonchev–Trinajstić information content (AvgIpc) is 3.13. The normalized spacial score (nSPS) is 11.1. The van der Waals surface area contributed by atoms with E-state index in [4.69, 9.17) is 0 Å². The molecule has 3 aromatic heterocycles. The van der Waals surface area contributed by atoms with Crippen molar-refractivity contribution in [1.82, 2.24) is 29.7 Å². The fourth-order valence-electron chi connectivity index (χ4n) is 2.27. The largest absolute Gasteiger partial charge is 0.354 e. The summed E-state index contributed by atoms with van der Waals surface area (Å²) >= 11 is 0. The van der Waals surface area contributed by atoms with Gasteiger partial charge in [-0.25, -0.2) is 9.97 Å². The van der Waals surface area contributed by atoms with E-state index >= 15 is 0 Å². The number of aromatic amines is 1. The van der Waals surface area contributed by atoms with Crippen molar-refractivity contribution < 1.29 is 0 Å². The van der Waals surface area contributed by atoms with Crippen molar-refractivity contribution in [2.24, 2.45) is 0 Å². The maximum absolute atomic E-state index is 4.63. The SMILES string of the molecule is CCCNc1nc(-c2nccn2CCC)c2cn[nH]c2n1. The van der Waals surface area contributed by atoms with Gasteiger partial charge in [-0.3, -0.25) is 5.10 Å². The molecule has 110 valence electrons. The molecule has 7 heteroatoms. The zero-order valence-corrected chi connectivity index (χ0v) is 12.3. The van der Waals surface area contributed by atoms with Gasteiger partial charge in [0.15, 0.2) is 11.5 Å². The Hall–Kier alpha value is -2.44. The number of imidazole rings is 1. The first-order chi connectivity index (χ1) is 10.3. The number of fused-ring (bicyclic) bond motifs is 1. The Balaban J connectivity index is 2.10. The van der Waals surface area contributed by atoms with E-state index in [2.05, 4.69) is 48.9 Å².